The number of carbonyl (C=O) groups is 1. The summed E-state index contributed by atoms with van der Waals surface area (Å²) in [7, 11) is 0. The smallest absolute Gasteiger partial charge is 0.251 e. The molecule has 6 nitrogen and oxygen atoms in total. The van der Waals surface area contributed by atoms with Crippen molar-refractivity contribution in [2.24, 2.45) is 0 Å². The van der Waals surface area contributed by atoms with E-state index < -0.39 is 0 Å². The molecule has 1 aliphatic heterocycles. The van der Waals surface area contributed by atoms with E-state index in [0.717, 1.165) is 17.0 Å². The molecule has 26 heavy (non-hydrogen) atoms. The fourth-order valence-corrected chi connectivity index (χ4v) is 2.89. The number of nitrogens with zero attached hydrogens (tertiary/aromatic N) is 1. The highest BCUT2D eigenvalue weighted by atomic mass is 16.7. The zero-order valence-electron chi connectivity index (χ0n) is 14.3. The van der Waals surface area contributed by atoms with E-state index in [4.69, 9.17) is 13.9 Å². The Morgan fingerprint density at radius 1 is 1.12 bits per heavy atom. The molecular weight excluding hydrogens is 332 g/mol. The Bertz CT molecular complexity index is 934. The monoisotopic (exact) mass is 350 g/mol. The standard InChI is InChI=1S/C20H18N2O4/c1-13-22-19(14-5-3-2-4-6-14)17(26-13)9-10-21-20(23)15-7-8-16-18(11-15)25-12-24-16/h2-8,11H,9-10,12H2,1H3,(H,21,23). The van der Waals surface area contributed by atoms with E-state index in [-0.39, 0.29) is 12.7 Å². The van der Waals surface area contributed by atoms with Gasteiger partial charge in [0.1, 0.15) is 11.5 Å². The molecule has 6 heteroatoms. The zero-order valence-corrected chi connectivity index (χ0v) is 14.3. The van der Waals surface area contributed by atoms with Crippen LogP contribution in [0.25, 0.3) is 11.3 Å². The highest BCUT2D eigenvalue weighted by Gasteiger charge is 2.17. The van der Waals surface area contributed by atoms with Crippen molar-refractivity contribution in [1.29, 1.82) is 0 Å². The molecule has 1 aromatic heterocycles. The molecule has 2 heterocycles. The second-order valence-electron chi connectivity index (χ2n) is 5.94. The average molecular weight is 350 g/mol. The van der Waals surface area contributed by atoms with E-state index >= 15 is 0 Å². The van der Waals surface area contributed by atoms with Crippen LogP contribution in [0.3, 0.4) is 0 Å². The number of benzene rings is 2. The number of hydrogen-bond acceptors (Lipinski definition) is 5. The van der Waals surface area contributed by atoms with Gasteiger partial charge in [0.25, 0.3) is 5.91 Å². The first-order valence-corrected chi connectivity index (χ1v) is 8.40. The van der Waals surface area contributed by atoms with Crippen molar-refractivity contribution in [3.8, 4) is 22.8 Å². The van der Waals surface area contributed by atoms with Crippen LogP contribution in [0.5, 0.6) is 11.5 Å². The van der Waals surface area contributed by atoms with E-state index in [1.165, 1.54) is 0 Å². The Morgan fingerprint density at radius 2 is 1.92 bits per heavy atom. The third-order valence-corrected chi connectivity index (χ3v) is 4.12. The molecule has 0 bridgehead atoms. The summed E-state index contributed by atoms with van der Waals surface area (Å²) in [6.45, 7) is 2.45. The van der Waals surface area contributed by atoms with Crippen LogP contribution in [0.15, 0.2) is 52.9 Å². The first kappa shape index (κ1) is 16.2. The number of carbonyl (C=O) groups excluding carboxylic acids is 1. The van der Waals surface area contributed by atoms with E-state index in [1.807, 2.05) is 37.3 Å². The van der Waals surface area contributed by atoms with Crippen LogP contribution in [0.1, 0.15) is 22.0 Å². The molecule has 0 spiro atoms. The van der Waals surface area contributed by atoms with Gasteiger partial charge < -0.3 is 19.2 Å². The molecule has 4 rings (SSSR count). The molecule has 0 unspecified atom stereocenters. The summed E-state index contributed by atoms with van der Waals surface area (Å²) >= 11 is 0. The predicted molar refractivity (Wildman–Crippen MR) is 95.3 cm³/mol. The molecule has 1 N–H and O–H groups in total. The minimum atomic E-state index is -0.166. The van der Waals surface area contributed by atoms with Gasteiger partial charge in [-0.25, -0.2) is 4.98 Å². The molecule has 3 aromatic rings. The lowest BCUT2D eigenvalue weighted by molar-refractivity contribution is 0.0953. The SMILES string of the molecule is Cc1nc(-c2ccccc2)c(CCNC(=O)c2ccc3c(c2)OCO3)o1. The van der Waals surface area contributed by atoms with Gasteiger partial charge in [0, 0.05) is 31.0 Å². The molecule has 1 amide bonds. The molecule has 0 saturated heterocycles. The van der Waals surface area contributed by atoms with Gasteiger partial charge in [-0.1, -0.05) is 30.3 Å². The minimum Gasteiger partial charge on any atom is -0.454 e. The molecule has 2 aromatic carbocycles. The molecule has 0 atom stereocenters. The van der Waals surface area contributed by atoms with Crippen molar-refractivity contribution in [3.05, 3.63) is 65.7 Å². The molecule has 0 aliphatic carbocycles. The average Bonchev–Trinajstić information content (AvgIpc) is 3.28. The summed E-state index contributed by atoms with van der Waals surface area (Å²) in [4.78, 5) is 16.8. The van der Waals surface area contributed by atoms with Crippen LogP contribution in [-0.4, -0.2) is 24.2 Å². The second-order valence-corrected chi connectivity index (χ2v) is 5.94. The lowest BCUT2D eigenvalue weighted by Gasteiger charge is -2.06. The Balaban J connectivity index is 1.41. The van der Waals surface area contributed by atoms with Gasteiger partial charge in [-0.15, -0.1) is 0 Å². The Kier molecular flexibility index (Phi) is 4.31. The number of rotatable bonds is 5. The van der Waals surface area contributed by atoms with Crippen LogP contribution in [0.2, 0.25) is 0 Å². The van der Waals surface area contributed by atoms with Crippen molar-refractivity contribution in [2.75, 3.05) is 13.3 Å². The first-order chi connectivity index (χ1) is 12.7. The maximum absolute atomic E-state index is 12.3. The molecule has 0 fully saturated rings. The molecule has 0 saturated carbocycles. The second kappa shape index (κ2) is 6.92. The topological polar surface area (TPSA) is 73.6 Å². The largest absolute Gasteiger partial charge is 0.454 e. The van der Waals surface area contributed by atoms with Gasteiger partial charge in [0.15, 0.2) is 17.4 Å². The Hall–Kier alpha value is -3.28. The number of fused-ring (bicyclic) bond motifs is 1. The maximum atomic E-state index is 12.3. The van der Waals surface area contributed by atoms with Crippen molar-refractivity contribution in [3.63, 3.8) is 0 Å². The number of amides is 1. The number of nitrogens with one attached hydrogen (secondary N) is 1. The third kappa shape index (κ3) is 3.26. The van der Waals surface area contributed by atoms with Crippen LogP contribution in [0.4, 0.5) is 0 Å². The lowest BCUT2D eigenvalue weighted by Crippen LogP contribution is -2.25. The summed E-state index contributed by atoms with van der Waals surface area (Å²) in [6, 6.07) is 15.0. The number of aryl methyl sites for hydroxylation is 1. The highest BCUT2D eigenvalue weighted by Crippen LogP contribution is 2.32. The maximum Gasteiger partial charge on any atom is 0.251 e. The van der Waals surface area contributed by atoms with Crippen LogP contribution in [0, 0.1) is 6.92 Å². The van der Waals surface area contributed by atoms with Crippen molar-refractivity contribution < 1.29 is 18.7 Å². The summed E-state index contributed by atoms with van der Waals surface area (Å²) < 4.78 is 16.3. The zero-order chi connectivity index (χ0) is 17.9. The third-order valence-electron chi connectivity index (χ3n) is 4.12. The van der Waals surface area contributed by atoms with E-state index in [2.05, 4.69) is 10.3 Å². The number of oxazole rings is 1. The Morgan fingerprint density at radius 3 is 2.77 bits per heavy atom. The molecular formula is C20H18N2O4. The van der Waals surface area contributed by atoms with Crippen molar-refractivity contribution in [1.82, 2.24) is 10.3 Å². The highest BCUT2D eigenvalue weighted by molar-refractivity contribution is 5.94. The normalized spacial score (nSPS) is 12.2. The number of hydrogen-bond donors (Lipinski definition) is 1. The fraction of sp³-hybridized carbons (Fsp3) is 0.200. The van der Waals surface area contributed by atoms with E-state index in [9.17, 15) is 4.79 Å². The molecule has 132 valence electrons. The van der Waals surface area contributed by atoms with E-state index in [0.29, 0.717) is 35.9 Å². The number of aromatic nitrogens is 1. The summed E-state index contributed by atoms with van der Waals surface area (Å²) in [5.74, 6) is 2.46. The van der Waals surface area contributed by atoms with Crippen LogP contribution in [-0.2, 0) is 6.42 Å². The van der Waals surface area contributed by atoms with E-state index in [1.54, 1.807) is 18.2 Å². The summed E-state index contributed by atoms with van der Waals surface area (Å²) in [6.07, 6.45) is 0.557. The van der Waals surface area contributed by atoms with Crippen LogP contribution < -0.4 is 14.8 Å². The predicted octanol–water partition coefficient (Wildman–Crippen LogP) is 3.35. The van der Waals surface area contributed by atoms with Gasteiger partial charge in [-0.3, -0.25) is 4.79 Å². The van der Waals surface area contributed by atoms with Crippen molar-refractivity contribution >= 4 is 5.91 Å². The lowest BCUT2D eigenvalue weighted by atomic mass is 10.1. The molecule has 1 aliphatic rings. The van der Waals surface area contributed by atoms with Gasteiger partial charge in [-0.2, -0.15) is 0 Å². The first-order valence-electron chi connectivity index (χ1n) is 8.40. The summed E-state index contributed by atoms with van der Waals surface area (Å²) in [5, 5.41) is 2.90. The minimum absolute atomic E-state index is 0.166. The summed E-state index contributed by atoms with van der Waals surface area (Å²) in [5.41, 5.74) is 2.35. The van der Waals surface area contributed by atoms with Crippen LogP contribution >= 0.6 is 0 Å². The quantitative estimate of drug-likeness (QED) is 0.764. The number of ether oxygens (including phenoxy) is 2. The fourth-order valence-electron chi connectivity index (χ4n) is 2.89. The van der Waals surface area contributed by atoms with Gasteiger partial charge in [0.05, 0.1) is 0 Å². The Labute approximate surface area is 150 Å². The van der Waals surface area contributed by atoms with Crippen molar-refractivity contribution in [2.45, 2.75) is 13.3 Å². The molecule has 0 radical (unpaired) electrons. The van der Waals surface area contributed by atoms with Gasteiger partial charge in [-0.05, 0) is 18.2 Å². The van der Waals surface area contributed by atoms with Gasteiger partial charge in [0.2, 0.25) is 6.79 Å². The van der Waals surface area contributed by atoms with Gasteiger partial charge >= 0.3 is 0 Å².